The monoisotopic (exact) mass is 217 g/mol. The zero-order valence-corrected chi connectivity index (χ0v) is 9.38. The van der Waals surface area contributed by atoms with E-state index in [1.165, 1.54) is 0 Å². The highest BCUT2D eigenvalue weighted by atomic mass is 31.1. The summed E-state index contributed by atoms with van der Waals surface area (Å²) in [7, 11) is -1.93. The van der Waals surface area contributed by atoms with Gasteiger partial charge in [-0.25, -0.2) is 0 Å². The normalized spacial score (nSPS) is 9.71. The van der Waals surface area contributed by atoms with Crippen LogP contribution in [0.1, 0.15) is 25.7 Å². The van der Waals surface area contributed by atoms with Crippen LogP contribution >= 0.6 is 8.25 Å². The minimum atomic E-state index is -1.93. The molecule has 0 radical (unpaired) electrons. The Bertz CT molecular complexity index is 162. The fourth-order valence-electron chi connectivity index (χ4n) is 0.771. The van der Waals surface area contributed by atoms with Crippen molar-refractivity contribution in [2.75, 3.05) is 13.2 Å². The van der Waals surface area contributed by atoms with E-state index in [1.807, 2.05) is 0 Å². The molecule has 0 aliphatic carbocycles. The van der Waals surface area contributed by atoms with Gasteiger partial charge in [-0.2, -0.15) is 0 Å². The Morgan fingerprint density at radius 1 is 1.00 bits per heavy atom. The smallest absolute Gasteiger partial charge is 0.119 e. The molecule has 0 aromatic heterocycles. The van der Waals surface area contributed by atoms with Crippen molar-refractivity contribution in [2.45, 2.75) is 25.7 Å². The van der Waals surface area contributed by atoms with Gasteiger partial charge in [-0.15, -0.1) is 22.2 Å². The predicted octanol–water partition coefficient (Wildman–Crippen LogP) is 3.61. The zero-order valence-electron chi connectivity index (χ0n) is 8.48. The molecule has 3 nitrogen and oxygen atoms in total. The maximum atomic E-state index is 11.0. The molecule has 0 bridgehead atoms. The molecule has 0 saturated carbocycles. The summed E-state index contributed by atoms with van der Waals surface area (Å²) in [5, 5.41) is 0. The van der Waals surface area contributed by atoms with E-state index in [0.717, 1.165) is 25.7 Å². The summed E-state index contributed by atoms with van der Waals surface area (Å²) in [5.74, 6) is 0. The Morgan fingerprint density at radius 2 is 1.43 bits per heavy atom. The summed E-state index contributed by atoms with van der Waals surface area (Å²) >= 11 is 0. The molecule has 0 rings (SSSR count). The van der Waals surface area contributed by atoms with Crippen LogP contribution in [0, 0.1) is 0 Å². The van der Waals surface area contributed by atoms with E-state index in [4.69, 9.17) is 9.05 Å². The SMILES string of the molecule is C=CCCCO[P+](=O)OCCCC=C. The third kappa shape index (κ3) is 9.59. The highest BCUT2D eigenvalue weighted by Gasteiger charge is 2.18. The molecule has 0 unspecified atom stereocenters. The maximum absolute atomic E-state index is 11.0. The second-order valence-electron chi connectivity index (χ2n) is 2.75. The lowest BCUT2D eigenvalue weighted by molar-refractivity contribution is 0.222. The largest absolute Gasteiger partial charge is 0.697 e. The van der Waals surface area contributed by atoms with Crippen LogP contribution < -0.4 is 0 Å². The Hall–Kier alpha value is -0.500. The summed E-state index contributed by atoms with van der Waals surface area (Å²) in [6.07, 6.45) is 7.03. The minimum absolute atomic E-state index is 0.461. The average Bonchev–Trinajstić information content (AvgIpc) is 2.19. The van der Waals surface area contributed by atoms with Crippen LogP contribution in [0.5, 0.6) is 0 Å². The van der Waals surface area contributed by atoms with Gasteiger partial charge in [-0.3, -0.25) is 0 Å². The molecule has 80 valence electrons. The van der Waals surface area contributed by atoms with Gasteiger partial charge in [0, 0.05) is 4.57 Å². The van der Waals surface area contributed by atoms with Crippen LogP contribution in [0.4, 0.5) is 0 Å². The molecule has 0 amide bonds. The molecule has 14 heavy (non-hydrogen) atoms. The maximum Gasteiger partial charge on any atom is 0.697 e. The third-order valence-electron chi connectivity index (χ3n) is 1.50. The predicted molar refractivity (Wildman–Crippen MR) is 58.4 cm³/mol. The molecule has 0 aromatic carbocycles. The van der Waals surface area contributed by atoms with E-state index in [0.29, 0.717) is 13.2 Å². The van der Waals surface area contributed by atoms with Crippen LogP contribution in [0.25, 0.3) is 0 Å². The molecule has 0 fully saturated rings. The topological polar surface area (TPSA) is 35.5 Å². The third-order valence-corrected chi connectivity index (χ3v) is 2.29. The molecule has 0 atom stereocenters. The number of hydrogen-bond donors (Lipinski definition) is 0. The van der Waals surface area contributed by atoms with E-state index >= 15 is 0 Å². The first kappa shape index (κ1) is 13.5. The fraction of sp³-hybridized carbons (Fsp3) is 0.600. The standard InChI is InChI=1S/C10H18O3P/c1-3-5-7-9-12-14(11)13-10-8-6-4-2/h3-4H,1-2,5-10H2/q+1. The number of rotatable bonds is 10. The van der Waals surface area contributed by atoms with Gasteiger partial charge in [0.1, 0.15) is 13.2 Å². The summed E-state index contributed by atoms with van der Waals surface area (Å²) in [5.41, 5.74) is 0. The van der Waals surface area contributed by atoms with Crippen LogP contribution in [0.15, 0.2) is 25.3 Å². The van der Waals surface area contributed by atoms with E-state index < -0.39 is 8.25 Å². The van der Waals surface area contributed by atoms with Crippen molar-refractivity contribution in [2.24, 2.45) is 0 Å². The van der Waals surface area contributed by atoms with Gasteiger partial charge < -0.3 is 0 Å². The van der Waals surface area contributed by atoms with Crippen molar-refractivity contribution < 1.29 is 13.6 Å². The van der Waals surface area contributed by atoms with Crippen LogP contribution in [-0.4, -0.2) is 13.2 Å². The van der Waals surface area contributed by atoms with Crippen LogP contribution in [0.3, 0.4) is 0 Å². The summed E-state index contributed by atoms with van der Waals surface area (Å²) in [6, 6.07) is 0. The number of allylic oxidation sites excluding steroid dienone is 2. The molecule has 0 aliphatic heterocycles. The first-order valence-electron chi connectivity index (χ1n) is 4.76. The fourth-order valence-corrected chi connectivity index (χ4v) is 1.40. The van der Waals surface area contributed by atoms with Gasteiger partial charge in [0.05, 0.1) is 0 Å². The van der Waals surface area contributed by atoms with E-state index in [1.54, 1.807) is 12.2 Å². The zero-order chi connectivity index (χ0) is 10.6. The van der Waals surface area contributed by atoms with Gasteiger partial charge in [0.2, 0.25) is 0 Å². The lowest BCUT2D eigenvalue weighted by Crippen LogP contribution is -1.90. The Labute approximate surface area is 86.7 Å². The average molecular weight is 217 g/mol. The summed E-state index contributed by atoms with van der Waals surface area (Å²) in [4.78, 5) is 0. The highest BCUT2D eigenvalue weighted by molar-refractivity contribution is 7.33. The second kappa shape index (κ2) is 10.6. The molecular weight excluding hydrogens is 199 g/mol. The first-order chi connectivity index (χ1) is 6.81. The van der Waals surface area contributed by atoms with Crippen molar-refractivity contribution in [3.05, 3.63) is 25.3 Å². The lowest BCUT2D eigenvalue weighted by Gasteiger charge is -1.90. The van der Waals surface area contributed by atoms with Crippen LogP contribution in [0.2, 0.25) is 0 Å². The van der Waals surface area contributed by atoms with Crippen molar-refractivity contribution >= 4 is 8.25 Å². The molecule has 0 spiro atoms. The van der Waals surface area contributed by atoms with E-state index in [9.17, 15) is 4.57 Å². The van der Waals surface area contributed by atoms with Crippen molar-refractivity contribution in [1.82, 2.24) is 0 Å². The van der Waals surface area contributed by atoms with Gasteiger partial charge >= 0.3 is 8.25 Å². The molecule has 0 aromatic rings. The summed E-state index contributed by atoms with van der Waals surface area (Å²) < 4.78 is 20.9. The van der Waals surface area contributed by atoms with E-state index in [-0.39, 0.29) is 0 Å². The van der Waals surface area contributed by atoms with Gasteiger partial charge in [0.15, 0.2) is 0 Å². The lowest BCUT2D eigenvalue weighted by atomic mass is 10.3. The van der Waals surface area contributed by atoms with Gasteiger partial charge in [-0.05, 0) is 25.7 Å². The quantitative estimate of drug-likeness (QED) is 0.318. The van der Waals surface area contributed by atoms with Crippen molar-refractivity contribution in [3.63, 3.8) is 0 Å². The molecular formula is C10H18O3P+. The van der Waals surface area contributed by atoms with E-state index in [2.05, 4.69) is 13.2 Å². The van der Waals surface area contributed by atoms with Gasteiger partial charge in [-0.1, -0.05) is 12.2 Å². The summed E-state index contributed by atoms with van der Waals surface area (Å²) in [6.45, 7) is 8.08. The molecule has 4 heteroatoms. The molecule has 0 heterocycles. The second-order valence-corrected chi connectivity index (χ2v) is 3.72. The Balaban J connectivity index is 3.19. The number of unbranched alkanes of at least 4 members (excludes halogenated alkanes) is 2. The van der Waals surface area contributed by atoms with Crippen molar-refractivity contribution in [1.29, 1.82) is 0 Å². The van der Waals surface area contributed by atoms with Crippen LogP contribution in [-0.2, 0) is 13.6 Å². The van der Waals surface area contributed by atoms with Crippen molar-refractivity contribution in [3.8, 4) is 0 Å². The Morgan fingerprint density at radius 3 is 1.79 bits per heavy atom. The molecule has 0 saturated heterocycles. The number of hydrogen-bond acceptors (Lipinski definition) is 3. The first-order valence-corrected chi connectivity index (χ1v) is 5.85. The Kier molecular flexibility index (Phi) is 10.2. The highest BCUT2D eigenvalue weighted by Crippen LogP contribution is 2.24. The minimum Gasteiger partial charge on any atom is -0.119 e. The molecule has 0 aliphatic rings. The van der Waals surface area contributed by atoms with Gasteiger partial charge in [0.25, 0.3) is 0 Å². The molecule has 0 N–H and O–H groups in total.